The minimum absolute atomic E-state index is 0.149. The van der Waals surface area contributed by atoms with E-state index in [9.17, 15) is 14.4 Å². The number of Topliss-reactive ketones (excluding diaryl/α,β-unsaturated/α-hetero) is 1. The lowest BCUT2D eigenvalue weighted by Crippen LogP contribution is -2.39. The molecule has 0 saturated heterocycles. The molecule has 0 fully saturated rings. The smallest absolute Gasteiger partial charge is 0.323 e. The van der Waals surface area contributed by atoms with Gasteiger partial charge in [-0.05, 0) is 26.7 Å². The fraction of sp³-hybridized carbons (Fsp3) is 0.833. The molecular weight excluding hydrogens is 310 g/mol. The highest BCUT2D eigenvalue weighted by atomic mass is 16.5. The lowest BCUT2D eigenvalue weighted by atomic mass is 10.1. The van der Waals surface area contributed by atoms with Gasteiger partial charge in [-0.3, -0.25) is 14.4 Å². The summed E-state index contributed by atoms with van der Waals surface area (Å²) in [4.78, 5) is 34.5. The molecule has 0 bridgehead atoms. The molecule has 1 atom stereocenters. The maximum absolute atomic E-state index is 11.9. The third kappa shape index (κ3) is 12.0. The summed E-state index contributed by atoms with van der Waals surface area (Å²) in [6, 6.07) is -0.361. The number of ketones is 1. The first-order chi connectivity index (χ1) is 11.5. The number of esters is 2. The van der Waals surface area contributed by atoms with Crippen molar-refractivity contribution >= 4 is 17.7 Å². The van der Waals surface area contributed by atoms with Crippen molar-refractivity contribution in [2.45, 2.75) is 78.2 Å². The number of carbonyl (C=O) groups is 3. The second kappa shape index (κ2) is 15.1. The Hall–Kier alpha value is -1.43. The van der Waals surface area contributed by atoms with Gasteiger partial charge in [0.25, 0.3) is 0 Å². The van der Waals surface area contributed by atoms with Gasteiger partial charge in [-0.25, -0.2) is 0 Å². The van der Waals surface area contributed by atoms with Gasteiger partial charge in [-0.2, -0.15) is 0 Å². The van der Waals surface area contributed by atoms with Gasteiger partial charge in [0, 0.05) is 25.8 Å². The third-order valence-corrected chi connectivity index (χ3v) is 3.69. The summed E-state index contributed by atoms with van der Waals surface area (Å²) in [6.07, 6.45) is 5.65. The summed E-state index contributed by atoms with van der Waals surface area (Å²) in [5.41, 5.74) is 0. The molecule has 6 nitrogen and oxygen atoms in total. The molecule has 0 spiro atoms. The van der Waals surface area contributed by atoms with Crippen molar-refractivity contribution in [3.63, 3.8) is 0 Å². The monoisotopic (exact) mass is 343 g/mol. The van der Waals surface area contributed by atoms with E-state index in [0.717, 1.165) is 25.7 Å². The summed E-state index contributed by atoms with van der Waals surface area (Å²) >= 11 is 0. The highest BCUT2D eigenvalue weighted by molar-refractivity contribution is 5.78. The van der Waals surface area contributed by atoms with E-state index in [2.05, 4.69) is 5.32 Å². The Balaban J connectivity index is 3.97. The Kier molecular flexibility index (Phi) is 14.2. The quantitative estimate of drug-likeness (QED) is 0.364. The van der Waals surface area contributed by atoms with Crippen LogP contribution >= 0.6 is 0 Å². The first-order valence-corrected chi connectivity index (χ1v) is 9.12. The lowest BCUT2D eigenvalue weighted by Gasteiger charge is -2.17. The molecule has 140 valence electrons. The molecule has 0 heterocycles. The predicted octanol–water partition coefficient (Wildman–Crippen LogP) is 2.78. The van der Waals surface area contributed by atoms with Crippen LogP contribution in [0.5, 0.6) is 0 Å². The van der Waals surface area contributed by atoms with Gasteiger partial charge in [0.2, 0.25) is 0 Å². The van der Waals surface area contributed by atoms with Crippen molar-refractivity contribution in [2.24, 2.45) is 0 Å². The largest absolute Gasteiger partial charge is 0.466 e. The number of unbranched alkanes of at least 4 members (excludes halogenated alkanes) is 3. The molecule has 0 aromatic rings. The van der Waals surface area contributed by atoms with Crippen LogP contribution in [0.1, 0.15) is 72.1 Å². The van der Waals surface area contributed by atoms with Crippen molar-refractivity contribution < 1.29 is 23.9 Å². The number of rotatable bonds is 15. The highest BCUT2D eigenvalue weighted by Crippen LogP contribution is 2.09. The number of ether oxygens (including phenoxy) is 2. The molecule has 1 unspecified atom stereocenters. The number of hydrogen-bond donors (Lipinski definition) is 1. The van der Waals surface area contributed by atoms with Gasteiger partial charge < -0.3 is 14.8 Å². The average Bonchev–Trinajstić information content (AvgIpc) is 2.56. The van der Waals surface area contributed by atoms with Gasteiger partial charge in [0.1, 0.15) is 11.8 Å². The van der Waals surface area contributed by atoms with Crippen molar-refractivity contribution in [2.75, 3.05) is 19.8 Å². The number of nitrogens with one attached hydrogen (secondary N) is 1. The van der Waals surface area contributed by atoms with Crippen LogP contribution in [0.3, 0.4) is 0 Å². The molecule has 1 N–H and O–H groups in total. The Morgan fingerprint density at radius 1 is 0.875 bits per heavy atom. The molecular formula is C18H33NO5. The zero-order valence-corrected chi connectivity index (χ0v) is 15.4. The van der Waals surface area contributed by atoms with Crippen molar-refractivity contribution in [3.8, 4) is 0 Å². The predicted molar refractivity (Wildman–Crippen MR) is 92.7 cm³/mol. The van der Waals surface area contributed by atoms with Crippen LogP contribution in [0.15, 0.2) is 0 Å². The van der Waals surface area contributed by atoms with Gasteiger partial charge in [0.05, 0.1) is 13.2 Å². The minimum atomic E-state index is -0.361. The molecule has 24 heavy (non-hydrogen) atoms. The molecule has 6 heteroatoms. The maximum atomic E-state index is 11.9. The number of carbonyl (C=O) groups excluding carboxylic acids is 3. The first kappa shape index (κ1) is 22.6. The van der Waals surface area contributed by atoms with Gasteiger partial charge in [0.15, 0.2) is 0 Å². The van der Waals surface area contributed by atoms with E-state index in [1.807, 2.05) is 6.92 Å². The van der Waals surface area contributed by atoms with Crippen molar-refractivity contribution in [3.05, 3.63) is 0 Å². The molecule has 0 aliphatic heterocycles. The zero-order valence-electron chi connectivity index (χ0n) is 15.4. The Morgan fingerprint density at radius 2 is 1.54 bits per heavy atom. The van der Waals surface area contributed by atoms with E-state index in [1.54, 1.807) is 13.8 Å². The summed E-state index contributed by atoms with van der Waals surface area (Å²) in [7, 11) is 0. The van der Waals surface area contributed by atoms with Crippen LogP contribution in [-0.4, -0.2) is 43.5 Å². The number of hydrogen-bond acceptors (Lipinski definition) is 6. The van der Waals surface area contributed by atoms with Crippen molar-refractivity contribution in [1.82, 2.24) is 5.32 Å². The highest BCUT2D eigenvalue weighted by Gasteiger charge is 2.18. The minimum Gasteiger partial charge on any atom is -0.466 e. The van der Waals surface area contributed by atoms with Crippen LogP contribution in [0, 0.1) is 0 Å². The fourth-order valence-corrected chi connectivity index (χ4v) is 2.31. The normalized spacial score (nSPS) is 11.8. The Morgan fingerprint density at radius 3 is 2.17 bits per heavy atom. The zero-order chi connectivity index (χ0) is 18.2. The van der Waals surface area contributed by atoms with E-state index in [1.165, 1.54) is 0 Å². The summed E-state index contributed by atoms with van der Waals surface area (Å²) < 4.78 is 9.96. The second-order valence-electron chi connectivity index (χ2n) is 5.66. The molecule has 0 aromatic carbocycles. The summed E-state index contributed by atoms with van der Waals surface area (Å²) in [5.74, 6) is -0.221. The van der Waals surface area contributed by atoms with E-state index in [-0.39, 0.29) is 23.8 Å². The van der Waals surface area contributed by atoms with E-state index in [4.69, 9.17) is 9.47 Å². The van der Waals surface area contributed by atoms with E-state index in [0.29, 0.717) is 45.4 Å². The molecule has 0 amide bonds. The maximum Gasteiger partial charge on any atom is 0.323 e. The molecule has 0 rings (SSSR count). The topological polar surface area (TPSA) is 81.7 Å². The van der Waals surface area contributed by atoms with Crippen LogP contribution < -0.4 is 5.32 Å². The Labute approximate surface area is 145 Å². The van der Waals surface area contributed by atoms with Crippen molar-refractivity contribution in [1.29, 1.82) is 0 Å². The molecule has 0 aromatic heterocycles. The second-order valence-corrected chi connectivity index (χ2v) is 5.66. The summed E-state index contributed by atoms with van der Waals surface area (Å²) in [5, 5.41) is 3.13. The first-order valence-electron chi connectivity index (χ1n) is 9.12. The van der Waals surface area contributed by atoms with Crippen LogP contribution in [0.4, 0.5) is 0 Å². The van der Waals surface area contributed by atoms with Crippen LogP contribution in [0.25, 0.3) is 0 Å². The fourth-order valence-electron chi connectivity index (χ4n) is 2.31. The van der Waals surface area contributed by atoms with Gasteiger partial charge in [-0.1, -0.05) is 26.2 Å². The molecule has 0 radical (unpaired) electrons. The van der Waals surface area contributed by atoms with Gasteiger partial charge in [-0.15, -0.1) is 0 Å². The summed E-state index contributed by atoms with van der Waals surface area (Å²) in [6.45, 7) is 6.69. The Bertz CT molecular complexity index is 370. The van der Waals surface area contributed by atoms with Crippen LogP contribution in [0.2, 0.25) is 0 Å². The SMILES string of the molecule is CCOC(=O)CCCCCCC(NCCC(=O)CC)C(=O)OCC. The van der Waals surface area contributed by atoms with Gasteiger partial charge >= 0.3 is 11.9 Å². The third-order valence-electron chi connectivity index (χ3n) is 3.69. The molecule has 0 aliphatic carbocycles. The van der Waals surface area contributed by atoms with E-state index >= 15 is 0 Å². The van der Waals surface area contributed by atoms with Crippen LogP contribution in [-0.2, 0) is 23.9 Å². The molecule has 0 aliphatic rings. The lowest BCUT2D eigenvalue weighted by molar-refractivity contribution is -0.146. The average molecular weight is 343 g/mol. The standard InChI is InChI=1S/C18H33NO5/c1-4-15(20)13-14-19-16(18(22)24-6-3)11-9-7-8-10-12-17(21)23-5-2/h16,19H,4-14H2,1-3H3. The molecule has 0 saturated carbocycles. The van der Waals surface area contributed by atoms with E-state index < -0.39 is 0 Å².